The lowest BCUT2D eigenvalue weighted by atomic mass is 9.42. The predicted molar refractivity (Wildman–Crippen MR) is 83.6 cm³/mol. The van der Waals surface area contributed by atoms with E-state index < -0.39 is 11.0 Å². The van der Waals surface area contributed by atoms with E-state index in [0.29, 0.717) is 16.9 Å². The van der Waals surface area contributed by atoms with E-state index in [1.807, 2.05) is 0 Å². The van der Waals surface area contributed by atoms with Crippen molar-refractivity contribution in [3.05, 3.63) is 47.8 Å². The van der Waals surface area contributed by atoms with Crippen LogP contribution in [0.4, 0.5) is 5.69 Å². The summed E-state index contributed by atoms with van der Waals surface area (Å²) < 4.78 is 0. The number of carbonyl (C=O) groups excluding carboxylic acids is 1. The fourth-order valence-corrected chi connectivity index (χ4v) is 1.35. The van der Waals surface area contributed by atoms with Gasteiger partial charge in [-0.1, -0.05) is 23.3 Å². The van der Waals surface area contributed by atoms with Crippen molar-refractivity contribution >= 4 is 40.8 Å². The molecule has 0 unspecified atom stereocenters. The Kier molecular flexibility index (Phi) is 4.97. The molecule has 0 bridgehead atoms. The van der Waals surface area contributed by atoms with E-state index in [2.05, 4.69) is 5.32 Å². The maximum atomic E-state index is 11.7. The quantitative estimate of drug-likeness (QED) is 0.423. The fraction of sp³-hybridized carbons (Fsp3) is 0.0833. The number of allylic oxidation sites excluding steroid dienone is 2. The molecule has 0 atom stereocenters. The van der Waals surface area contributed by atoms with E-state index in [0.717, 1.165) is 0 Å². The highest BCUT2D eigenvalue weighted by Crippen LogP contribution is 2.22. The van der Waals surface area contributed by atoms with Gasteiger partial charge in [0.05, 0.1) is 29.4 Å². The zero-order chi connectivity index (χ0) is 15.3. The number of carbonyl (C=O) groups is 1. The highest BCUT2D eigenvalue weighted by molar-refractivity contribution is 6.69. The molecule has 0 aromatic heterocycles. The van der Waals surface area contributed by atoms with Gasteiger partial charge >= 0.3 is 0 Å². The molecule has 1 amide bonds. The summed E-state index contributed by atoms with van der Waals surface area (Å²) in [5.74, 6) is -0.633. The molecule has 20 heavy (non-hydrogen) atoms. The first kappa shape index (κ1) is 15.8. The average Bonchev–Trinajstić information content (AvgIpc) is 2.35. The van der Waals surface area contributed by atoms with Crippen LogP contribution in [0.5, 0.6) is 0 Å². The van der Waals surface area contributed by atoms with Crippen LogP contribution in [0, 0.1) is 0 Å². The SMILES string of the molecule is [B]C([B])([B])C(=O)Nc1ccccc1/C(N)=C/C=C(N)N. The van der Waals surface area contributed by atoms with Gasteiger partial charge in [-0.15, -0.1) is 0 Å². The van der Waals surface area contributed by atoms with Crippen molar-refractivity contribution in [2.75, 3.05) is 5.32 Å². The second-order valence-corrected chi connectivity index (χ2v) is 4.22. The molecule has 1 aromatic rings. The molecule has 0 aliphatic heterocycles. The molecule has 0 saturated carbocycles. The van der Waals surface area contributed by atoms with Crippen LogP contribution in [-0.2, 0) is 4.79 Å². The van der Waals surface area contributed by atoms with Crippen molar-refractivity contribution in [2.45, 2.75) is 5.11 Å². The van der Waals surface area contributed by atoms with Gasteiger partial charge in [0.1, 0.15) is 0 Å². The van der Waals surface area contributed by atoms with E-state index in [9.17, 15) is 4.79 Å². The molecule has 0 spiro atoms. The molecule has 5 nitrogen and oxygen atoms in total. The number of nitrogens with two attached hydrogens (primary N) is 3. The van der Waals surface area contributed by atoms with Crippen molar-refractivity contribution in [1.29, 1.82) is 0 Å². The summed E-state index contributed by atoms with van der Waals surface area (Å²) >= 11 is 0. The van der Waals surface area contributed by atoms with Crippen molar-refractivity contribution in [3.8, 4) is 0 Å². The van der Waals surface area contributed by atoms with Crippen molar-refractivity contribution in [2.24, 2.45) is 17.2 Å². The molecular weight excluding hydrogens is 249 g/mol. The van der Waals surface area contributed by atoms with Crippen LogP contribution in [0.15, 0.2) is 42.2 Å². The molecule has 0 heterocycles. The third-order valence-corrected chi connectivity index (χ3v) is 2.33. The molecule has 0 saturated heterocycles. The normalized spacial score (nSPS) is 11.7. The fourth-order valence-electron chi connectivity index (χ4n) is 1.35. The van der Waals surface area contributed by atoms with Crippen LogP contribution >= 0.6 is 0 Å². The van der Waals surface area contributed by atoms with E-state index in [4.69, 9.17) is 40.7 Å². The summed E-state index contributed by atoms with van der Waals surface area (Å²) in [5, 5.41) is 0.522. The maximum absolute atomic E-state index is 11.7. The standard InChI is InChI=1S/C12H13B3N4O/c13-12(14,15)11(20)19-9-4-2-1-3-7(9)8(16)5-6-10(17)18/h1-6H,16-18H2,(H,19,20)/b8-5-. The van der Waals surface area contributed by atoms with Crippen molar-refractivity contribution in [3.63, 3.8) is 0 Å². The van der Waals surface area contributed by atoms with Gasteiger partial charge < -0.3 is 22.5 Å². The van der Waals surface area contributed by atoms with Gasteiger partial charge in [-0.05, 0) is 18.2 Å². The van der Waals surface area contributed by atoms with E-state index in [-0.39, 0.29) is 5.82 Å². The first-order valence-electron chi connectivity index (χ1n) is 5.67. The summed E-state index contributed by atoms with van der Waals surface area (Å²) in [4.78, 5) is 11.7. The van der Waals surface area contributed by atoms with Gasteiger partial charge in [0.25, 0.3) is 0 Å². The Morgan fingerprint density at radius 3 is 2.25 bits per heavy atom. The highest BCUT2D eigenvalue weighted by atomic mass is 16.1. The maximum Gasteiger partial charge on any atom is 0.205 e. The number of hydrogen-bond donors (Lipinski definition) is 4. The molecule has 8 heteroatoms. The Balaban J connectivity index is 3.09. The van der Waals surface area contributed by atoms with Gasteiger partial charge in [-0.2, -0.15) is 0 Å². The van der Waals surface area contributed by atoms with Crippen LogP contribution in [0.2, 0.25) is 5.11 Å². The predicted octanol–water partition coefficient (Wildman–Crippen LogP) is -0.737. The van der Waals surface area contributed by atoms with Crippen LogP contribution < -0.4 is 22.5 Å². The zero-order valence-corrected chi connectivity index (χ0v) is 10.8. The van der Waals surface area contributed by atoms with Crippen LogP contribution in [0.1, 0.15) is 5.56 Å². The van der Waals surface area contributed by atoms with Crippen molar-refractivity contribution in [1.82, 2.24) is 0 Å². The minimum absolute atomic E-state index is 0.111. The van der Waals surface area contributed by atoms with Crippen LogP contribution in [0.25, 0.3) is 5.70 Å². The topological polar surface area (TPSA) is 107 Å². The third-order valence-electron chi connectivity index (χ3n) is 2.33. The average molecular weight is 262 g/mol. The van der Waals surface area contributed by atoms with Gasteiger partial charge in [-0.3, -0.25) is 4.79 Å². The molecule has 0 aliphatic rings. The number of para-hydroxylation sites is 1. The van der Waals surface area contributed by atoms with E-state index in [1.165, 1.54) is 12.2 Å². The Hall–Kier alpha value is -2.24. The molecular formula is C12H13B3N4O. The number of benzene rings is 1. The van der Waals surface area contributed by atoms with Crippen molar-refractivity contribution < 1.29 is 4.79 Å². The van der Waals surface area contributed by atoms with E-state index in [1.54, 1.807) is 24.3 Å². The summed E-state index contributed by atoms with van der Waals surface area (Å²) in [5.41, 5.74) is 17.8. The number of rotatable bonds is 4. The number of anilines is 1. The Morgan fingerprint density at radius 2 is 1.70 bits per heavy atom. The molecule has 96 valence electrons. The lowest BCUT2D eigenvalue weighted by molar-refractivity contribution is -0.115. The number of nitrogens with one attached hydrogen (secondary N) is 1. The van der Waals surface area contributed by atoms with Crippen LogP contribution in [0.3, 0.4) is 0 Å². The van der Waals surface area contributed by atoms with Gasteiger partial charge in [-0.25, -0.2) is 0 Å². The molecule has 0 aliphatic carbocycles. The molecule has 0 fully saturated rings. The first-order valence-corrected chi connectivity index (χ1v) is 5.67. The van der Waals surface area contributed by atoms with Crippen LogP contribution in [-0.4, -0.2) is 29.4 Å². The third kappa shape index (κ3) is 4.46. The monoisotopic (exact) mass is 262 g/mol. The second-order valence-electron chi connectivity index (χ2n) is 4.22. The Morgan fingerprint density at radius 1 is 1.10 bits per heavy atom. The highest BCUT2D eigenvalue weighted by Gasteiger charge is 2.20. The summed E-state index contributed by atoms with van der Waals surface area (Å²) in [6, 6.07) is 6.80. The summed E-state index contributed by atoms with van der Waals surface area (Å²) in [6.45, 7) is 0. The molecule has 6 radical (unpaired) electrons. The minimum Gasteiger partial charge on any atom is -0.398 e. The first-order chi connectivity index (χ1) is 9.21. The largest absolute Gasteiger partial charge is 0.398 e. The molecule has 1 aromatic carbocycles. The second kappa shape index (κ2) is 6.28. The van der Waals surface area contributed by atoms with E-state index >= 15 is 0 Å². The molecule has 7 N–H and O–H groups in total. The zero-order valence-electron chi connectivity index (χ0n) is 10.8. The lowest BCUT2D eigenvalue weighted by Gasteiger charge is -2.20. The Bertz CT molecular complexity index is 560. The number of amides is 1. The Labute approximate surface area is 121 Å². The van der Waals surface area contributed by atoms with Gasteiger partial charge in [0.2, 0.25) is 5.91 Å². The molecule has 1 rings (SSSR count). The number of hydrogen-bond acceptors (Lipinski definition) is 4. The summed E-state index contributed by atoms with van der Waals surface area (Å²) in [6.07, 6.45) is 2.95. The van der Waals surface area contributed by atoms with Gasteiger partial charge in [0.15, 0.2) is 0 Å². The lowest BCUT2D eigenvalue weighted by Crippen LogP contribution is -2.31. The smallest absolute Gasteiger partial charge is 0.205 e. The summed E-state index contributed by atoms with van der Waals surface area (Å²) in [7, 11) is 15.9. The minimum atomic E-state index is -1.98. The van der Waals surface area contributed by atoms with Gasteiger partial charge in [0, 0.05) is 16.9 Å².